The van der Waals surface area contributed by atoms with Crippen molar-refractivity contribution in [3.8, 4) is 0 Å². The zero-order valence-electron chi connectivity index (χ0n) is 37.4. The lowest BCUT2D eigenvalue weighted by atomic mass is 9.71. The molecule has 1 aliphatic rings. The largest absolute Gasteiger partial charge is 0.443 e. The summed E-state index contributed by atoms with van der Waals surface area (Å²) in [6.07, 6.45) is 1.32. The third kappa shape index (κ3) is 9.32. The molecular weight excluding hydrogens is 829 g/mol. The summed E-state index contributed by atoms with van der Waals surface area (Å²) in [7, 11) is 0. The Kier molecular flexibility index (Phi) is 13.0. The molecule has 8 aromatic rings. The number of carbonyl (C=O) groups excluding carboxylic acids is 2. The molecule has 1 saturated heterocycles. The van der Waals surface area contributed by atoms with E-state index in [1.54, 1.807) is 0 Å². The van der Waals surface area contributed by atoms with Gasteiger partial charge in [0, 0.05) is 22.3 Å². The van der Waals surface area contributed by atoms with Crippen LogP contribution in [-0.4, -0.2) is 29.9 Å². The van der Waals surface area contributed by atoms with Gasteiger partial charge < -0.3 is 18.9 Å². The molecule has 67 heavy (non-hydrogen) atoms. The zero-order chi connectivity index (χ0) is 46.1. The summed E-state index contributed by atoms with van der Waals surface area (Å²) < 4.78 is 29.2. The summed E-state index contributed by atoms with van der Waals surface area (Å²) in [5.74, 6) is -2.52. The molecule has 0 bridgehead atoms. The molecule has 1 fully saturated rings. The molecule has 1 heterocycles. The molecule has 6 heteroatoms. The molecule has 0 amide bonds. The van der Waals surface area contributed by atoms with E-state index >= 15 is 9.59 Å². The Hall–Kier alpha value is -7.90. The number of benzene rings is 8. The molecule has 0 N–H and O–H groups in total. The Morgan fingerprint density at radius 2 is 0.627 bits per heavy atom. The van der Waals surface area contributed by atoms with Crippen molar-refractivity contribution < 1.29 is 28.5 Å². The Morgan fingerprint density at radius 1 is 0.388 bits per heavy atom. The second-order valence-electron chi connectivity index (χ2n) is 16.9. The average Bonchev–Trinajstić information content (AvgIpc) is 3.73. The van der Waals surface area contributed by atoms with Crippen molar-refractivity contribution in [3.05, 3.63) is 287 Å². The molecule has 0 saturated carbocycles. The number of hydrogen-bond donors (Lipinski definition) is 0. The van der Waals surface area contributed by atoms with Crippen molar-refractivity contribution in [2.24, 2.45) is 0 Å². The monoisotopic (exact) mass is 878 g/mol. The van der Waals surface area contributed by atoms with Gasteiger partial charge in [-0.1, -0.05) is 243 Å². The Morgan fingerprint density at radius 3 is 0.896 bits per heavy atom. The lowest BCUT2D eigenvalue weighted by Crippen LogP contribution is -2.57. The molecular formula is C61H50O6. The van der Waals surface area contributed by atoms with Crippen molar-refractivity contribution >= 4 is 35.2 Å². The number of carbonyl (C=O) groups is 2. The molecule has 0 spiro atoms. The van der Waals surface area contributed by atoms with Gasteiger partial charge in [0.25, 0.3) is 0 Å². The van der Waals surface area contributed by atoms with Crippen LogP contribution in [0.25, 0.3) is 23.3 Å². The summed E-state index contributed by atoms with van der Waals surface area (Å²) in [6, 6.07) is 76.8. The smallest absolute Gasteiger partial charge is 0.340 e. The first kappa shape index (κ1) is 44.3. The molecule has 0 radical (unpaired) electrons. The molecule has 1 aliphatic heterocycles. The zero-order valence-corrected chi connectivity index (χ0v) is 37.4. The second-order valence-corrected chi connectivity index (χ2v) is 16.9. The molecule has 1 unspecified atom stereocenters. The third-order valence-electron chi connectivity index (χ3n) is 12.0. The molecule has 0 aliphatic carbocycles. The first-order chi connectivity index (χ1) is 32.8. The lowest BCUT2D eigenvalue weighted by molar-refractivity contribution is -0.185. The van der Waals surface area contributed by atoms with Crippen LogP contribution in [0.2, 0.25) is 0 Å². The molecule has 330 valence electrons. The minimum atomic E-state index is -1.74. The van der Waals surface area contributed by atoms with Crippen LogP contribution in [0.5, 0.6) is 0 Å². The average molecular weight is 879 g/mol. The SMILES string of the molecule is CC1(C)OC(C(OC(=O)/C(=C/c2ccccc2)c2ccccc2)(c2ccccc2)c2ccccc2)[C@H](C(OC(=O)/C(=C/c2ccccc2)c2ccccc2)(c2ccccc2)c2ccccc2)O1. The summed E-state index contributed by atoms with van der Waals surface area (Å²) in [6.45, 7) is 3.67. The summed E-state index contributed by atoms with van der Waals surface area (Å²) in [5, 5.41) is 0. The normalized spacial score (nSPS) is 16.2. The van der Waals surface area contributed by atoms with E-state index in [2.05, 4.69) is 0 Å². The van der Waals surface area contributed by atoms with Gasteiger partial charge in [0.1, 0.15) is 12.2 Å². The van der Waals surface area contributed by atoms with Crippen LogP contribution in [0.15, 0.2) is 243 Å². The first-order valence-corrected chi connectivity index (χ1v) is 22.5. The van der Waals surface area contributed by atoms with Gasteiger partial charge in [0.15, 0.2) is 17.0 Å². The Bertz CT molecular complexity index is 2660. The van der Waals surface area contributed by atoms with Crippen molar-refractivity contribution in [3.63, 3.8) is 0 Å². The fourth-order valence-corrected chi connectivity index (χ4v) is 9.03. The predicted octanol–water partition coefficient (Wildman–Crippen LogP) is 13.0. The van der Waals surface area contributed by atoms with E-state index in [0.717, 1.165) is 11.1 Å². The quantitative estimate of drug-likeness (QED) is 0.0616. The Balaban J connectivity index is 1.31. The van der Waals surface area contributed by atoms with E-state index in [0.29, 0.717) is 44.5 Å². The number of hydrogen-bond acceptors (Lipinski definition) is 6. The number of ether oxygens (including phenoxy) is 4. The maximum absolute atomic E-state index is 15.6. The Labute approximate surface area is 392 Å². The van der Waals surface area contributed by atoms with Gasteiger partial charge in [0.05, 0.1) is 11.1 Å². The van der Waals surface area contributed by atoms with E-state index in [1.165, 1.54) is 0 Å². The summed E-state index contributed by atoms with van der Waals surface area (Å²) in [5.41, 5.74) is 2.63. The second kappa shape index (κ2) is 19.7. The van der Waals surface area contributed by atoms with E-state index in [4.69, 9.17) is 18.9 Å². The molecule has 9 rings (SSSR count). The minimum Gasteiger partial charge on any atom is -0.443 e. The van der Waals surface area contributed by atoms with E-state index in [9.17, 15) is 0 Å². The fourth-order valence-electron chi connectivity index (χ4n) is 9.03. The molecule has 0 aromatic heterocycles. The lowest BCUT2D eigenvalue weighted by Gasteiger charge is -2.46. The summed E-state index contributed by atoms with van der Waals surface area (Å²) >= 11 is 0. The van der Waals surface area contributed by atoms with Crippen molar-refractivity contribution in [1.82, 2.24) is 0 Å². The highest BCUT2D eigenvalue weighted by atomic mass is 16.8. The van der Waals surface area contributed by atoms with Crippen LogP contribution in [0.4, 0.5) is 0 Å². The number of esters is 2. The third-order valence-corrected chi connectivity index (χ3v) is 12.0. The predicted molar refractivity (Wildman–Crippen MR) is 265 cm³/mol. The van der Waals surface area contributed by atoms with Gasteiger partial charge in [-0.25, -0.2) is 9.59 Å². The van der Waals surface area contributed by atoms with Gasteiger partial charge in [-0.05, 0) is 48.3 Å². The van der Waals surface area contributed by atoms with Crippen LogP contribution in [0, 0.1) is 0 Å². The fraction of sp³-hybridized carbons (Fsp3) is 0.115. The van der Waals surface area contributed by atoms with E-state index < -0.39 is 41.1 Å². The van der Waals surface area contributed by atoms with Crippen LogP contribution in [0.1, 0.15) is 58.4 Å². The number of rotatable bonds is 14. The van der Waals surface area contributed by atoms with Crippen LogP contribution < -0.4 is 0 Å². The molecule has 2 atom stereocenters. The van der Waals surface area contributed by atoms with E-state index in [1.807, 2.05) is 269 Å². The van der Waals surface area contributed by atoms with Gasteiger partial charge in [-0.3, -0.25) is 0 Å². The standard InChI is InChI=1S/C61H50O6/c1-59(2)64-55(60(49-35-19-7-20-36-49,50-37-21-8-22-38-50)66-57(62)53(47-31-15-5-16-32-47)43-45-27-11-3-12-28-45)56(65-59)61(51-39-23-9-24-40-51,52-41-25-10-26-42-52)67-58(63)54(48-33-17-6-18-34-48)44-46-29-13-4-14-30-46/h3-44,55-56H,1-2H3/b53-43+,54-44+/t55-,56?/m1/s1. The maximum Gasteiger partial charge on any atom is 0.340 e. The van der Waals surface area contributed by atoms with Crippen LogP contribution >= 0.6 is 0 Å². The first-order valence-electron chi connectivity index (χ1n) is 22.5. The highest BCUT2D eigenvalue weighted by Gasteiger charge is 2.65. The van der Waals surface area contributed by atoms with Gasteiger partial charge in [-0.2, -0.15) is 0 Å². The van der Waals surface area contributed by atoms with Gasteiger partial charge in [0.2, 0.25) is 0 Å². The molecule has 8 aromatic carbocycles. The maximum atomic E-state index is 15.6. The van der Waals surface area contributed by atoms with Crippen LogP contribution in [0.3, 0.4) is 0 Å². The van der Waals surface area contributed by atoms with Gasteiger partial charge >= 0.3 is 11.9 Å². The highest BCUT2D eigenvalue weighted by Crippen LogP contribution is 2.54. The molecule has 6 nitrogen and oxygen atoms in total. The summed E-state index contributed by atoms with van der Waals surface area (Å²) in [4.78, 5) is 31.3. The van der Waals surface area contributed by atoms with Gasteiger partial charge in [-0.15, -0.1) is 0 Å². The topological polar surface area (TPSA) is 71.1 Å². The van der Waals surface area contributed by atoms with Crippen molar-refractivity contribution in [1.29, 1.82) is 0 Å². The minimum absolute atomic E-state index is 0.333. The van der Waals surface area contributed by atoms with E-state index in [-0.39, 0.29) is 0 Å². The van der Waals surface area contributed by atoms with Crippen molar-refractivity contribution in [2.45, 2.75) is 43.0 Å². The van der Waals surface area contributed by atoms with Crippen molar-refractivity contribution in [2.75, 3.05) is 0 Å². The van der Waals surface area contributed by atoms with Crippen LogP contribution in [-0.2, 0) is 39.7 Å². The highest BCUT2D eigenvalue weighted by molar-refractivity contribution is 6.22.